The lowest BCUT2D eigenvalue weighted by Crippen LogP contribution is -2.45. The molecule has 5 heteroatoms. The first-order valence-corrected chi connectivity index (χ1v) is 6.49. The number of benzene rings is 1. The van der Waals surface area contributed by atoms with E-state index in [9.17, 15) is 13.9 Å². The predicted molar refractivity (Wildman–Crippen MR) is 67.8 cm³/mol. The summed E-state index contributed by atoms with van der Waals surface area (Å²) in [6.45, 7) is 3.15. The van der Waals surface area contributed by atoms with E-state index in [1.807, 2.05) is 0 Å². The molecule has 19 heavy (non-hydrogen) atoms. The molecule has 1 aliphatic heterocycles. The highest BCUT2D eigenvalue weighted by Crippen LogP contribution is 2.23. The van der Waals surface area contributed by atoms with Crippen LogP contribution in [0.25, 0.3) is 0 Å². The minimum absolute atomic E-state index is 0.274. The molecule has 2 N–H and O–H groups in total. The molecule has 1 unspecified atom stereocenters. The van der Waals surface area contributed by atoms with E-state index in [2.05, 4.69) is 5.32 Å². The average molecular weight is 271 g/mol. The van der Waals surface area contributed by atoms with Gasteiger partial charge in [-0.15, -0.1) is 0 Å². The van der Waals surface area contributed by atoms with Crippen LogP contribution in [0.4, 0.5) is 8.78 Å². The van der Waals surface area contributed by atoms with E-state index in [1.165, 1.54) is 6.07 Å². The zero-order chi connectivity index (χ0) is 13.9. The van der Waals surface area contributed by atoms with Crippen LogP contribution in [0.2, 0.25) is 0 Å². The molecule has 0 spiro atoms. The summed E-state index contributed by atoms with van der Waals surface area (Å²) in [6.07, 6.45) is 1.11. The first kappa shape index (κ1) is 14.4. The van der Waals surface area contributed by atoms with Crippen LogP contribution in [0.1, 0.15) is 31.4 Å². The molecule has 1 aromatic carbocycles. The quantitative estimate of drug-likeness (QED) is 0.881. The molecule has 0 amide bonds. The predicted octanol–water partition coefficient (Wildman–Crippen LogP) is 2.16. The molecule has 1 fully saturated rings. The molecule has 1 heterocycles. The standard InChI is InChI=1S/C14H19F2NO2/c1-10(11-3-2-4-12(15)13(11)16)17-9-14(18)5-7-19-8-6-14/h2-4,10,17-18H,5-9H2,1H3. The van der Waals surface area contributed by atoms with E-state index < -0.39 is 17.2 Å². The molecule has 1 saturated heterocycles. The second-order valence-corrected chi connectivity index (χ2v) is 5.08. The first-order chi connectivity index (χ1) is 9.02. The van der Waals surface area contributed by atoms with Gasteiger partial charge < -0.3 is 15.2 Å². The Morgan fingerprint density at radius 2 is 2.05 bits per heavy atom. The van der Waals surface area contributed by atoms with E-state index in [4.69, 9.17) is 4.74 Å². The Bertz CT molecular complexity index is 433. The Morgan fingerprint density at radius 1 is 1.37 bits per heavy atom. The van der Waals surface area contributed by atoms with Crippen molar-refractivity contribution >= 4 is 0 Å². The van der Waals surface area contributed by atoms with Crippen molar-refractivity contribution in [3.63, 3.8) is 0 Å². The number of hydrogen-bond donors (Lipinski definition) is 2. The lowest BCUT2D eigenvalue weighted by molar-refractivity contribution is -0.0626. The second-order valence-electron chi connectivity index (χ2n) is 5.08. The minimum atomic E-state index is -0.851. The summed E-state index contributed by atoms with van der Waals surface area (Å²) in [4.78, 5) is 0. The monoisotopic (exact) mass is 271 g/mol. The van der Waals surface area contributed by atoms with Crippen LogP contribution >= 0.6 is 0 Å². The molecule has 1 atom stereocenters. The molecule has 0 aromatic heterocycles. The van der Waals surface area contributed by atoms with E-state index in [0.29, 0.717) is 32.6 Å². The van der Waals surface area contributed by atoms with Gasteiger partial charge >= 0.3 is 0 Å². The van der Waals surface area contributed by atoms with Crippen molar-refractivity contribution in [1.82, 2.24) is 5.32 Å². The molecule has 0 saturated carbocycles. The van der Waals surface area contributed by atoms with Crippen molar-refractivity contribution in [2.75, 3.05) is 19.8 Å². The molecule has 106 valence electrons. The van der Waals surface area contributed by atoms with Crippen molar-refractivity contribution in [2.45, 2.75) is 31.4 Å². The van der Waals surface area contributed by atoms with E-state index in [1.54, 1.807) is 13.0 Å². The number of rotatable bonds is 4. The Labute approximate surface area is 111 Å². The van der Waals surface area contributed by atoms with Gasteiger partial charge in [0.25, 0.3) is 0 Å². The molecule has 0 radical (unpaired) electrons. The van der Waals surface area contributed by atoms with Gasteiger partial charge in [-0.2, -0.15) is 0 Å². The topological polar surface area (TPSA) is 41.5 Å². The fourth-order valence-corrected chi connectivity index (χ4v) is 2.24. The molecule has 0 aliphatic carbocycles. The van der Waals surface area contributed by atoms with E-state index >= 15 is 0 Å². The van der Waals surface area contributed by atoms with Crippen LogP contribution in [0.15, 0.2) is 18.2 Å². The van der Waals surface area contributed by atoms with E-state index in [-0.39, 0.29) is 11.6 Å². The summed E-state index contributed by atoms with van der Waals surface area (Å²) in [5.74, 6) is -1.68. The molecule has 1 aromatic rings. The zero-order valence-electron chi connectivity index (χ0n) is 11.0. The molecular weight excluding hydrogens is 252 g/mol. The van der Waals surface area contributed by atoms with Crippen LogP contribution in [-0.4, -0.2) is 30.5 Å². The molecule has 2 rings (SSSR count). The summed E-state index contributed by atoms with van der Waals surface area (Å²) >= 11 is 0. The van der Waals surface area contributed by atoms with Crippen LogP contribution in [0.3, 0.4) is 0 Å². The summed E-state index contributed by atoms with van der Waals surface area (Å²) in [6, 6.07) is 3.76. The first-order valence-electron chi connectivity index (χ1n) is 6.49. The average Bonchev–Trinajstić information content (AvgIpc) is 2.40. The highest BCUT2D eigenvalue weighted by molar-refractivity contribution is 5.22. The van der Waals surface area contributed by atoms with Gasteiger partial charge in [-0.3, -0.25) is 0 Å². The Balaban J connectivity index is 1.97. The fourth-order valence-electron chi connectivity index (χ4n) is 2.24. The molecular formula is C14H19F2NO2. The largest absolute Gasteiger partial charge is 0.388 e. The third-order valence-corrected chi connectivity index (χ3v) is 3.61. The minimum Gasteiger partial charge on any atom is -0.388 e. The van der Waals surface area contributed by atoms with Crippen molar-refractivity contribution < 1.29 is 18.6 Å². The summed E-state index contributed by atoms with van der Waals surface area (Å²) in [7, 11) is 0. The number of hydrogen-bond acceptors (Lipinski definition) is 3. The van der Waals surface area contributed by atoms with Gasteiger partial charge in [0.2, 0.25) is 0 Å². The maximum atomic E-state index is 13.6. The third kappa shape index (κ3) is 3.49. The Morgan fingerprint density at radius 3 is 2.74 bits per heavy atom. The van der Waals surface area contributed by atoms with Gasteiger partial charge in [0.05, 0.1) is 5.60 Å². The molecule has 3 nitrogen and oxygen atoms in total. The zero-order valence-corrected chi connectivity index (χ0v) is 11.0. The highest BCUT2D eigenvalue weighted by atomic mass is 19.2. The van der Waals surface area contributed by atoms with Gasteiger partial charge in [0, 0.05) is 44.2 Å². The van der Waals surface area contributed by atoms with Crippen molar-refractivity contribution in [3.8, 4) is 0 Å². The molecule has 1 aliphatic rings. The highest BCUT2D eigenvalue weighted by Gasteiger charge is 2.30. The maximum absolute atomic E-state index is 13.6. The maximum Gasteiger partial charge on any atom is 0.163 e. The van der Waals surface area contributed by atoms with Gasteiger partial charge in [0.1, 0.15) is 0 Å². The third-order valence-electron chi connectivity index (χ3n) is 3.61. The van der Waals surface area contributed by atoms with Gasteiger partial charge in [-0.1, -0.05) is 12.1 Å². The van der Waals surface area contributed by atoms with Crippen LogP contribution in [0.5, 0.6) is 0 Å². The van der Waals surface area contributed by atoms with Gasteiger partial charge in [0.15, 0.2) is 11.6 Å². The number of ether oxygens (including phenoxy) is 1. The van der Waals surface area contributed by atoms with Crippen molar-refractivity contribution in [1.29, 1.82) is 0 Å². The number of halogens is 2. The second kappa shape index (κ2) is 5.94. The van der Waals surface area contributed by atoms with Gasteiger partial charge in [-0.05, 0) is 13.0 Å². The Hall–Kier alpha value is -1.04. The van der Waals surface area contributed by atoms with Gasteiger partial charge in [-0.25, -0.2) is 8.78 Å². The fraction of sp³-hybridized carbons (Fsp3) is 0.571. The van der Waals surface area contributed by atoms with Crippen LogP contribution < -0.4 is 5.32 Å². The smallest absolute Gasteiger partial charge is 0.163 e. The summed E-state index contributed by atoms with van der Waals surface area (Å²) in [5.41, 5.74) is -0.549. The van der Waals surface area contributed by atoms with Crippen LogP contribution in [-0.2, 0) is 4.74 Å². The lowest BCUT2D eigenvalue weighted by Gasteiger charge is -2.33. The normalized spacial score (nSPS) is 20.2. The molecule has 0 bridgehead atoms. The summed E-state index contributed by atoms with van der Waals surface area (Å²) in [5, 5.41) is 13.3. The summed E-state index contributed by atoms with van der Waals surface area (Å²) < 4.78 is 32.0. The Kier molecular flexibility index (Phi) is 4.50. The number of nitrogens with one attached hydrogen (secondary N) is 1. The van der Waals surface area contributed by atoms with Crippen molar-refractivity contribution in [2.24, 2.45) is 0 Å². The SMILES string of the molecule is CC(NCC1(O)CCOCC1)c1cccc(F)c1F. The lowest BCUT2D eigenvalue weighted by atomic mass is 9.94. The van der Waals surface area contributed by atoms with Crippen molar-refractivity contribution in [3.05, 3.63) is 35.4 Å². The number of aliphatic hydroxyl groups is 1. The van der Waals surface area contributed by atoms with E-state index in [0.717, 1.165) is 6.07 Å². The van der Waals surface area contributed by atoms with Crippen LogP contribution in [0, 0.1) is 11.6 Å².